The van der Waals surface area contributed by atoms with Gasteiger partial charge in [0.1, 0.15) is 22.2 Å². The summed E-state index contributed by atoms with van der Waals surface area (Å²) in [5.41, 5.74) is 3.90. The van der Waals surface area contributed by atoms with Gasteiger partial charge in [-0.2, -0.15) is 13.5 Å². The van der Waals surface area contributed by atoms with Gasteiger partial charge in [-0.05, 0) is 61.7 Å². The first-order valence-electron chi connectivity index (χ1n) is 11.0. The molecule has 0 aliphatic heterocycles. The first-order valence-corrected chi connectivity index (χ1v) is 12.5. The van der Waals surface area contributed by atoms with Crippen molar-refractivity contribution in [3.8, 4) is 17.0 Å². The van der Waals surface area contributed by atoms with Crippen molar-refractivity contribution >= 4 is 27.2 Å². The summed E-state index contributed by atoms with van der Waals surface area (Å²) in [6.45, 7) is 4.21. The Kier molecular flexibility index (Phi) is 6.68. The van der Waals surface area contributed by atoms with Crippen LogP contribution in [-0.2, 0) is 10.1 Å². The molecule has 10 heteroatoms. The zero-order chi connectivity index (χ0) is 25.2. The third-order valence-electron chi connectivity index (χ3n) is 5.89. The normalized spacial score (nSPS) is 20.8. The van der Waals surface area contributed by atoms with E-state index in [2.05, 4.69) is 15.5 Å². The molecule has 1 heterocycles. The number of hydrazone groups is 1. The predicted molar refractivity (Wildman–Crippen MR) is 134 cm³/mol. The summed E-state index contributed by atoms with van der Waals surface area (Å²) in [6.07, 6.45) is 9.01. The van der Waals surface area contributed by atoms with Crippen LogP contribution in [0.2, 0.25) is 0 Å². The Morgan fingerprint density at radius 3 is 2.80 bits per heavy atom. The van der Waals surface area contributed by atoms with Crippen molar-refractivity contribution in [2.75, 3.05) is 12.0 Å². The summed E-state index contributed by atoms with van der Waals surface area (Å²) < 4.78 is 53.4. The van der Waals surface area contributed by atoms with Gasteiger partial charge in [-0.15, -0.1) is 0 Å². The monoisotopic (exact) mass is 496 g/mol. The van der Waals surface area contributed by atoms with E-state index < -0.39 is 21.4 Å². The highest BCUT2D eigenvalue weighted by Gasteiger charge is 2.44. The Balaban J connectivity index is 1.63. The van der Waals surface area contributed by atoms with Gasteiger partial charge in [0.25, 0.3) is 10.1 Å². The second-order valence-electron chi connectivity index (χ2n) is 8.43. The quantitative estimate of drug-likeness (QED) is 0.360. The largest absolute Gasteiger partial charge is 0.493 e. The zero-order valence-corrected chi connectivity index (χ0v) is 20.1. The second kappa shape index (κ2) is 9.55. The highest BCUT2D eigenvalue weighted by atomic mass is 32.2. The maximum Gasteiger partial charge on any atom is 0.294 e. The van der Waals surface area contributed by atoms with Crippen molar-refractivity contribution in [1.29, 1.82) is 5.41 Å². The van der Waals surface area contributed by atoms with E-state index in [-0.39, 0.29) is 16.3 Å². The van der Waals surface area contributed by atoms with Gasteiger partial charge in [0.15, 0.2) is 0 Å². The number of ether oxygens (including phenoxy) is 1. The molecular weight excluding hydrogens is 471 g/mol. The summed E-state index contributed by atoms with van der Waals surface area (Å²) in [7, 11) is -4.53. The molecule has 1 atom stereocenters. The molecule has 0 saturated carbocycles. The molecule has 2 aromatic rings. The maximum atomic E-state index is 13.9. The molecule has 35 heavy (non-hydrogen) atoms. The summed E-state index contributed by atoms with van der Waals surface area (Å²) in [5.74, 6) is 0.120. The Bertz CT molecular complexity index is 1400. The molecule has 3 N–H and O–H groups in total. The lowest BCUT2D eigenvalue weighted by atomic mass is 9.68. The van der Waals surface area contributed by atoms with Gasteiger partial charge in [-0.1, -0.05) is 25.2 Å². The topological polar surface area (TPSA) is 125 Å². The van der Waals surface area contributed by atoms with Crippen LogP contribution in [0, 0.1) is 16.6 Å². The minimum absolute atomic E-state index is 0.0806. The third-order valence-corrected chi connectivity index (χ3v) is 6.78. The third kappa shape index (κ3) is 4.94. The van der Waals surface area contributed by atoms with Gasteiger partial charge in [-0.25, -0.2) is 4.39 Å². The first-order chi connectivity index (χ1) is 16.6. The standard InChI is InChI=1S/C25H25FN4O4S/c1-3-12-34-22-10-7-16(26)13-18(22)20-9-8-17(15-28-20)29-30-21-14-23(35(31,32)33)19-6-4-5-11-25(19,2)24(21)27/h4-10,13-15,27,29H,3,11-12H2,1-2H3,(H,31,32,33). The SMILES string of the molecule is CCCOc1ccc(F)cc1-c1ccc(NN=C2C=C(S(=O)(=O)O)C3=CC=CCC3(C)C2=N)cn1. The van der Waals surface area contributed by atoms with Crippen LogP contribution in [-0.4, -0.2) is 36.0 Å². The van der Waals surface area contributed by atoms with Crippen LogP contribution in [0.4, 0.5) is 10.1 Å². The highest BCUT2D eigenvalue weighted by molar-refractivity contribution is 7.90. The van der Waals surface area contributed by atoms with Gasteiger partial charge in [0, 0.05) is 11.0 Å². The van der Waals surface area contributed by atoms with E-state index in [0.29, 0.717) is 41.3 Å². The molecule has 0 radical (unpaired) electrons. The average molecular weight is 497 g/mol. The number of rotatable bonds is 7. The van der Waals surface area contributed by atoms with E-state index in [1.165, 1.54) is 24.4 Å². The number of hydrogen-bond donors (Lipinski definition) is 3. The lowest BCUT2D eigenvalue weighted by Crippen LogP contribution is -2.40. The minimum Gasteiger partial charge on any atom is -0.493 e. The van der Waals surface area contributed by atoms with Gasteiger partial charge in [0.2, 0.25) is 0 Å². The van der Waals surface area contributed by atoms with Crippen molar-refractivity contribution in [3.63, 3.8) is 0 Å². The number of fused-ring (bicyclic) bond motifs is 1. The van der Waals surface area contributed by atoms with Crippen LogP contribution in [0.3, 0.4) is 0 Å². The number of aromatic nitrogens is 1. The van der Waals surface area contributed by atoms with Gasteiger partial charge in [-0.3, -0.25) is 15.0 Å². The second-order valence-corrected chi connectivity index (χ2v) is 9.82. The van der Waals surface area contributed by atoms with Gasteiger partial charge >= 0.3 is 0 Å². The number of pyridine rings is 1. The predicted octanol–water partition coefficient (Wildman–Crippen LogP) is 5.14. The summed E-state index contributed by atoms with van der Waals surface area (Å²) in [4.78, 5) is 4.10. The van der Waals surface area contributed by atoms with Crippen LogP contribution >= 0.6 is 0 Å². The van der Waals surface area contributed by atoms with Crippen LogP contribution in [0.1, 0.15) is 26.7 Å². The Morgan fingerprint density at radius 1 is 1.31 bits per heavy atom. The lowest BCUT2D eigenvalue weighted by Gasteiger charge is -2.37. The molecule has 0 bridgehead atoms. The van der Waals surface area contributed by atoms with Crippen molar-refractivity contribution in [1.82, 2.24) is 4.98 Å². The van der Waals surface area contributed by atoms with E-state index in [1.54, 1.807) is 37.3 Å². The van der Waals surface area contributed by atoms with Crippen molar-refractivity contribution in [2.24, 2.45) is 10.5 Å². The molecule has 0 amide bonds. The number of anilines is 1. The van der Waals surface area contributed by atoms with Crippen molar-refractivity contribution in [3.05, 3.63) is 77.1 Å². The summed E-state index contributed by atoms with van der Waals surface area (Å²) in [6, 6.07) is 7.61. The zero-order valence-electron chi connectivity index (χ0n) is 19.2. The van der Waals surface area contributed by atoms with Crippen LogP contribution in [0.15, 0.2) is 76.4 Å². The molecule has 1 aromatic carbocycles. The number of allylic oxidation sites excluding steroid dienone is 5. The van der Waals surface area contributed by atoms with Crippen molar-refractivity contribution in [2.45, 2.75) is 26.7 Å². The lowest BCUT2D eigenvalue weighted by molar-refractivity contribution is 0.318. The molecule has 0 fully saturated rings. The van der Waals surface area contributed by atoms with Gasteiger partial charge < -0.3 is 10.1 Å². The molecule has 1 unspecified atom stereocenters. The minimum atomic E-state index is -4.53. The molecule has 4 rings (SSSR count). The Morgan fingerprint density at radius 2 is 2.11 bits per heavy atom. The molecule has 0 saturated heterocycles. The summed E-state index contributed by atoms with van der Waals surface area (Å²) >= 11 is 0. The fourth-order valence-corrected chi connectivity index (χ4v) is 4.83. The first kappa shape index (κ1) is 24.5. The molecular formula is C25H25FN4O4S. The molecule has 0 spiro atoms. The number of nitrogens with zero attached hydrogens (tertiary/aromatic N) is 2. The number of benzene rings is 1. The smallest absolute Gasteiger partial charge is 0.294 e. The molecule has 1 aromatic heterocycles. The Labute approximate surface area is 203 Å². The average Bonchev–Trinajstić information content (AvgIpc) is 2.83. The molecule has 2 aliphatic carbocycles. The fourth-order valence-electron chi connectivity index (χ4n) is 4.00. The summed E-state index contributed by atoms with van der Waals surface area (Å²) in [5, 5.41) is 12.9. The van der Waals surface area contributed by atoms with E-state index in [9.17, 15) is 17.4 Å². The van der Waals surface area contributed by atoms with Crippen LogP contribution < -0.4 is 10.2 Å². The maximum absolute atomic E-state index is 13.9. The fraction of sp³-hybridized carbons (Fsp3) is 0.240. The molecule has 182 valence electrons. The van der Waals surface area contributed by atoms with E-state index in [4.69, 9.17) is 10.1 Å². The molecule has 2 aliphatic rings. The van der Waals surface area contributed by atoms with Crippen molar-refractivity contribution < 1.29 is 22.1 Å². The van der Waals surface area contributed by atoms with E-state index in [1.807, 2.05) is 13.0 Å². The van der Waals surface area contributed by atoms with Crippen LogP contribution in [0.25, 0.3) is 11.3 Å². The number of hydrogen-bond acceptors (Lipinski definition) is 7. The molecule has 8 nitrogen and oxygen atoms in total. The van der Waals surface area contributed by atoms with E-state index >= 15 is 0 Å². The number of halogens is 1. The van der Waals surface area contributed by atoms with Crippen LogP contribution in [0.5, 0.6) is 5.75 Å². The highest BCUT2D eigenvalue weighted by Crippen LogP contribution is 2.44. The van der Waals surface area contributed by atoms with Gasteiger partial charge in [0.05, 0.1) is 29.9 Å². The van der Waals surface area contributed by atoms with E-state index in [0.717, 1.165) is 6.42 Å². The Hall–Kier alpha value is -3.63. The number of nitrogens with one attached hydrogen (secondary N) is 2.